The fourth-order valence-corrected chi connectivity index (χ4v) is 0.742. The monoisotopic (exact) mass is 168 g/mol. The molecule has 0 saturated carbocycles. The summed E-state index contributed by atoms with van der Waals surface area (Å²) in [6, 6.07) is 5.41. The molecule has 0 atom stereocenters. The minimum atomic E-state index is -1.20. The van der Waals surface area contributed by atoms with Crippen LogP contribution in [-0.4, -0.2) is 12.5 Å². The molecule has 0 heterocycles. The van der Waals surface area contributed by atoms with Crippen LogP contribution in [0.3, 0.4) is 0 Å². The molecule has 0 amide bonds. The number of rotatable bonds is 3. The fourth-order valence-electron chi connectivity index (χ4n) is 0.742. The molecule has 0 aliphatic rings. The lowest BCUT2D eigenvalue weighted by molar-refractivity contribution is -0.302. The third kappa shape index (κ3) is 2.57. The molecule has 0 unspecified atom stereocenters. The summed E-state index contributed by atoms with van der Waals surface area (Å²) in [7, 11) is 0. The van der Waals surface area contributed by atoms with Crippen molar-refractivity contribution in [1.29, 1.82) is 0 Å². The van der Waals surface area contributed by atoms with Crippen LogP contribution in [0.5, 0.6) is 0 Å². The molecule has 0 aliphatic heterocycles. The van der Waals surface area contributed by atoms with Gasteiger partial charge >= 0.3 is 0 Å². The number of carbonyl (C=O) groups excluding carboxylic acids is 1. The SMILES string of the molecule is O=C([O-])CNc1ccc(F)cc1. The number of carboxylic acids is 1. The molecular formula is C8H7FNO2-. The second-order valence-corrected chi connectivity index (χ2v) is 2.23. The predicted molar refractivity (Wildman–Crippen MR) is 39.9 cm³/mol. The summed E-state index contributed by atoms with van der Waals surface area (Å²) in [5.74, 6) is -1.55. The number of hydrogen-bond donors (Lipinski definition) is 1. The van der Waals surface area contributed by atoms with Gasteiger partial charge in [0.05, 0.1) is 12.5 Å². The Labute approximate surface area is 68.8 Å². The highest BCUT2D eigenvalue weighted by atomic mass is 19.1. The van der Waals surface area contributed by atoms with Crippen molar-refractivity contribution in [2.24, 2.45) is 0 Å². The van der Waals surface area contributed by atoms with Crippen LogP contribution >= 0.6 is 0 Å². The lowest BCUT2D eigenvalue weighted by Crippen LogP contribution is -2.30. The molecule has 0 radical (unpaired) electrons. The standard InChI is InChI=1S/C8H8FNO2/c9-6-1-3-7(4-2-6)10-5-8(11)12/h1-4,10H,5H2,(H,11,12)/p-1. The van der Waals surface area contributed by atoms with E-state index in [0.717, 1.165) is 0 Å². The summed E-state index contributed by atoms with van der Waals surface area (Å²) in [5.41, 5.74) is 0.556. The Morgan fingerprint density at radius 1 is 1.42 bits per heavy atom. The fraction of sp³-hybridized carbons (Fsp3) is 0.125. The van der Waals surface area contributed by atoms with Crippen molar-refractivity contribution in [3.63, 3.8) is 0 Å². The molecule has 12 heavy (non-hydrogen) atoms. The number of hydrogen-bond acceptors (Lipinski definition) is 3. The third-order valence-electron chi connectivity index (χ3n) is 1.28. The Morgan fingerprint density at radius 3 is 2.50 bits per heavy atom. The van der Waals surface area contributed by atoms with Gasteiger partial charge in [-0.15, -0.1) is 0 Å². The van der Waals surface area contributed by atoms with Crippen molar-refractivity contribution in [2.45, 2.75) is 0 Å². The van der Waals surface area contributed by atoms with Crippen molar-refractivity contribution < 1.29 is 14.3 Å². The first-order chi connectivity index (χ1) is 5.68. The average Bonchev–Trinajstić information content (AvgIpc) is 2.03. The molecule has 0 saturated heterocycles. The summed E-state index contributed by atoms with van der Waals surface area (Å²) in [5, 5.41) is 12.5. The number of aliphatic carboxylic acids is 1. The molecule has 64 valence electrons. The van der Waals surface area contributed by atoms with Crippen LogP contribution in [0.1, 0.15) is 0 Å². The van der Waals surface area contributed by atoms with Gasteiger partial charge in [-0.25, -0.2) is 4.39 Å². The second kappa shape index (κ2) is 3.71. The van der Waals surface area contributed by atoms with Gasteiger partial charge < -0.3 is 15.2 Å². The maximum absolute atomic E-state index is 12.3. The summed E-state index contributed by atoms with van der Waals surface area (Å²) in [6.07, 6.45) is 0. The van der Waals surface area contributed by atoms with Gasteiger partial charge in [0.1, 0.15) is 5.82 Å². The molecule has 1 aromatic carbocycles. The molecule has 1 aromatic rings. The van der Waals surface area contributed by atoms with Crippen LogP contribution in [0.4, 0.5) is 10.1 Å². The predicted octanol–water partition coefficient (Wildman–Crippen LogP) is -0.0125. The molecule has 3 nitrogen and oxygen atoms in total. The van der Waals surface area contributed by atoms with Crippen LogP contribution < -0.4 is 10.4 Å². The lowest BCUT2D eigenvalue weighted by atomic mass is 10.3. The Hall–Kier alpha value is -1.58. The van der Waals surface area contributed by atoms with E-state index in [4.69, 9.17) is 0 Å². The van der Waals surface area contributed by atoms with Crippen molar-refractivity contribution in [2.75, 3.05) is 11.9 Å². The van der Waals surface area contributed by atoms with Crippen LogP contribution in [0.25, 0.3) is 0 Å². The molecule has 0 fully saturated rings. The van der Waals surface area contributed by atoms with E-state index in [9.17, 15) is 14.3 Å². The molecule has 1 N–H and O–H groups in total. The van der Waals surface area contributed by atoms with Crippen LogP contribution in [0, 0.1) is 5.82 Å². The van der Waals surface area contributed by atoms with Crippen molar-refractivity contribution in [3.8, 4) is 0 Å². The van der Waals surface area contributed by atoms with Crippen molar-refractivity contribution in [3.05, 3.63) is 30.1 Å². The summed E-state index contributed by atoms with van der Waals surface area (Å²) in [6.45, 7) is -0.272. The molecule has 4 heteroatoms. The van der Waals surface area contributed by atoms with Gasteiger partial charge in [-0.3, -0.25) is 0 Å². The van der Waals surface area contributed by atoms with Gasteiger partial charge in [0.2, 0.25) is 0 Å². The Balaban J connectivity index is 2.53. The number of anilines is 1. The van der Waals surface area contributed by atoms with Gasteiger partial charge in [-0.1, -0.05) is 0 Å². The zero-order valence-electron chi connectivity index (χ0n) is 6.21. The Bertz CT molecular complexity index is 271. The van der Waals surface area contributed by atoms with E-state index in [0.29, 0.717) is 5.69 Å². The smallest absolute Gasteiger partial charge is 0.123 e. The first-order valence-electron chi connectivity index (χ1n) is 3.38. The zero-order valence-corrected chi connectivity index (χ0v) is 6.21. The first kappa shape index (κ1) is 8.52. The van der Waals surface area contributed by atoms with Crippen LogP contribution in [-0.2, 0) is 4.79 Å². The first-order valence-corrected chi connectivity index (χ1v) is 3.38. The number of benzene rings is 1. The molecule has 1 rings (SSSR count). The number of nitrogens with one attached hydrogen (secondary N) is 1. The highest BCUT2D eigenvalue weighted by Crippen LogP contribution is 2.06. The second-order valence-electron chi connectivity index (χ2n) is 2.23. The molecule has 0 aliphatic carbocycles. The highest BCUT2D eigenvalue weighted by Gasteiger charge is 1.91. The van der Waals surface area contributed by atoms with Crippen LogP contribution in [0.15, 0.2) is 24.3 Å². The highest BCUT2D eigenvalue weighted by molar-refractivity contribution is 5.70. The minimum Gasteiger partial charge on any atom is -0.548 e. The average molecular weight is 168 g/mol. The number of carbonyl (C=O) groups is 1. The van der Waals surface area contributed by atoms with E-state index in [2.05, 4.69) is 5.32 Å². The molecule has 0 spiro atoms. The van der Waals surface area contributed by atoms with Gasteiger partial charge in [-0.05, 0) is 24.3 Å². The number of carboxylic acid groups (broad SMARTS) is 1. The maximum atomic E-state index is 12.3. The summed E-state index contributed by atoms with van der Waals surface area (Å²) >= 11 is 0. The van der Waals surface area contributed by atoms with Gasteiger partial charge in [0.25, 0.3) is 0 Å². The summed E-state index contributed by atoms with van der Waals surface area (Å²) < 4.78 is 12.3. The van der Waals surface area contributed by atoms with E-state index in [1.807, 2.05) is 0 Å². The van der Waals surface area contributed by atoms with E-state index in [-0.39, 0.29) is 12.4 Å². The molecule has 0 bridgehead atoms. The largest absolute Gasteiger partial charge is 0.548 e. The zero-order chi connectivity index (χ0) is 8.97. The van der Waals surface area contributed by atoms with Gasteiger partial charge in [-0.2, -0.15) is 0 Å². The topological polar surface area (TPSA) is 52.2 Å². The van der Waals surface area contributed by atoms with E-state index >= 15 is 0 Å². The van der Waals surface area contributed by atoms with Gasteiger partial charge in [0.15, 0.2) is 0 Å². The van der Waals surface area contributed by atoms with Gasteiger partial charge in [0, 0.05) is 5.69 Å². The van der Waals surface area contributed by atoms with E-state index in [1.165, 1.54) is 24.3 Å². The molecular weight excluding hydrogens is 161 g/mol. The molecule has 0 aromatic heterocycles. The Kier molecular flexibility index (Phi) is 2.63. The number of halogens is 1. The Morgan fingerprint density at radius 2 is 2.00 bits per heavy atom. The van der Waals surface area contributed by atoms with Crippen molar-refractivity contribution in [1.82, 2.24) is 0 Å². The van der Waals surface area contributed by atoms with E-state index in [1.54, 1.807) is 0 Å². The minimum absolute atomic E-state index is 0.272. The third-order valence-corrected chi connectivity index (χ3v) is 1.28. The lowest BCUT2D eigenvalue weighted by Gasteiger charge is -2.05. The quantitative estimate of drug-likeness (QED) is 0.690. The maximum Gasteiger partial charge on any atom is 0.123 e. The van der Waals surface area contributed by atoms with Crippen molar-refractivity contribution >= 4 is 11.7 Å². The van der Waals surface area contributed by atoms with Crippen LogP contribution in [0.2, 0.25) is 0 Å². The normalized spacial score (nSPS) is 9.42. The summed E-state index contributed by atoms with van der Waals surface area (Å²) in [4.78, 5) is 9.99. The van der Waals surface area contributed by atoms with E-state index < -0.39 is 5.97 Å².